The van der Waals surface area contributed by atoms with Gasteiger partial charge in [-0.15, -0.1) is 0 Å². The quantitative estimate of drug-likeness (QED) is 0.727. The van der Waals surface area contributed by atoms with Crippen molar-refractivity contribution in [3.8, 4) is 22.7 Å². The van der Waals surface area contributed by atoms with Crippen molar-refractivity contribution in [3.05, 3.63) is 35.5 Å². The Morgan fingerprint density at radius 1 is 0.960 bits per heavy atom. The molecule has 0 N–H and O–H groups in total. The van der Waals surface area contributed by atoms with E-state index in [-0.39, 0.29) is 0 Å². The average molecular weight is 336 g/mol. The van der Waals surface area contributed by atoms with E-state index in [0.717, 1.165) is 47.2 Å². The lowest BCUT2D eigenvalue weighted by Gasteiger charge is -2.16. The zero-order valence-corrected chi connectivity index (χ0v) is 14.7. The van der Waals surface area contributed by atoms with E-state index in [1.807, 2.05) is 27.0 Å². The molecule has 0 saturated carbocycles. The van der Waals surface area contributed by atoms with Gasteiger partial charge in [0.05, 0.1) is 23.1 Å². The van der Waals surface area contributed by atoms with E-state index >= 15 is 0 Å². The fourth-order valence-electron chi connectivity index (χ4n) is 2.98. The van der Waals surface area contributed by atoms with Crippen LogP contribution in [0.1, 0.15) is 29.8 Å². The molecule has 3 aromatic heterocycles. The highest BCUT2D eigenvalue weighted by molar-refractivity contribution is 5.78. The van der Waals surface area contributed by atoms with Crippen LogP contribution >= 0.6 is 0 Å². The molecule has 7 heteroatoms. The second kappa shape index (κ2) is 6.23. The van der Waals surface area contributed by atoms with Crippen LogP contribution in [0.5, 0.6) is 0 Å². The summed E-state index contributed by atoms with van der Waals surface area (Å²) in [4.78, 5) is 20.4. The molecule has 7 nitrogen and oxygen atoms in total. The van der Waals surface area contributed by atoms with Crippen LogP contribution in [0.25, 0.3) is 22.7 Å². The van der Waals surface area contributed by atoms with Crippen LogP contribution in [0.15, 0.2) is 23.1 Å². The summed E-state index contributed by atoms with van der Waals surface area (Å²) in [7, 11) is 0. The Bertz CT molecular complexity index is 896. The molecule has 3 aromatic rings. The summed E-state index contributed by atoms with van der Waals surface area (Å²) in [5.74, 6) is 1.41. The third-order valence-electron chi connectivity index (χ3n) is 4.59. The molecule has 0 aromatic carbocycles. The lowest BCUT2D eigenvalue weighted by molar-refractivity contribution is 0.426. The molecule has 4 rings (SSSR count). The number of hydrogen-bond acceptors (Lipinski definition) is 7. The summed E-state index contributed by atoms with van der Waals surface area (Å²) in [5.41, 5.74) is 4.93. The van der Waals surface area contributed by atoms with E-state index in [4.69, 9.17) is 9.51 Å². The maximum absolute atomic E-state index is 5.54. The highest BCUT2D eigenvalue weighted by Gasteiger charge is 2.22. The van der Waals surface area contributed by atoms with Crippen LogP contribution in [0.3, 0.4) is 0 Å². The van der Waals surface area contributed by atoms with Crippen molar-refractivity contribution < 1.29 is 4.52 Å². The van der Waals surface area contributed by atoms with Crippen molar-refractivity contribution >= 4 is 5.95 Å². The highest BCUT2D eigenvalue weighted by atomic mass is 16.5. The number of anilines is 1. The van der Waals surface area contributed by atoms with E-state index in [1.165, 1.54) is 12.8 Å². The number of aryl methyl sites for hydroxylation is 2. The van der Waals surface area contributed by atoms with E-state index in [0.29, 0.717) is 11.5 Å². The molecule has 0 spiro atoms. The minimum absolute atomic E-state index is 0.683. The summed E-state index contributed by atoms with van der Waals surface area (Å²) < 4.78 is 5.54. The molecule has 4 heterocycles. The van der Waals surface area contributed by atoms with Crippen LogP contribution in [0, 0.1) is 20.8 Å². The first kappa shape index (κ1) is 15.7. The molecule has 1 aliphatic heterocycles. The fourth-order valence-corrected chi connectivity index (χ4v) is 2.98. The van der Waals surface area contributed by atoms with Crippen molar-refractivity contribution in [2.45, 2.75) is 33.6 Å². The van der Waals surface area contributed by atoms with Gasteiger partial charge in [0, 0.05) is 31.0 Å². The molecule has 1 saturated heterocycles. The van der Waals surface area contributed by atoms with Crippen LogP contribution in [-0.4, -0.2) is 38.2 Å². The van der Waals surface area contributed by atoms with Crippen LogP contribution < -0.4 is 4.90 Å². The van der Waals surface area contributed by atoms with Crippen molar-refractivity contribution in [1.82, 2.24) is 25.1 Å². The molecule has 1 aliphatic rings. The summed E-state index contributed by atoms with van der Waals surface area (Å²) >= 11 is 0. The number of nitrogens with zero attached hydrogens (tertiary/aromatic N) is 6. The Morgan fingerprint density at radius 3 is 2.40 bits per heavy atom. The number of aromatic nitrogens is 5. The van der Waals surface area contributed by atoms with Crippen LogP contribution in [-0.2, 0) is 0 Å². The van der Waals surface area contributed by atoms with Gasteiger partial charge >= 0.3 is 0 Å². The number of rotatable bonds is 3. The number of hydrogen-bond donors (Lipinski definition) is 0. The van der Waals surface area contributed by atoms with Gasteiger partial charge in [-0.2, -0.15) is 0 Å². The van der Waals surface area contributed by atoms with Crippen molar-refractivity contribution in [1.29, 1.82) is 0 Å². The van der Waals surface area contributed by atoms with Gasteiger partial charge < -0.3 is 9.42 Å². The average Bonchev–Trinajstić information content (AvgIpc) is 3.27. The molecule has 0 bridgehead atoms. The monoisotopic (exact) mass is 336 g/mol. The van der Waals surface area contributed by atoms with Crippen LogP contribution in [0.2, 0.25) is 0 Å². The SMILES string of the molecule is Cc1cnc(-c2nc(N3CCCC3)ncc2-c2onc(C)c2C)cn1. The molecule has 0 aliphatic carbocycles. The lowest BCUT2D eigenvalue weighted by atomic mass is 10.1. The molecule has 0 radical (unpaired) electrons. The minimum Gasteiger partial charge on any atom is -0.356 e. The van der Waals surface area contributed by atoms with Gasteiger partial charge in [-0.05, 0) is 33.6 Å². The predicted octanol–water partition coefficient (Wildman–Crippen LogP) is 3.11. The molecule has 1 fully saturated rings. The maximum Gasteiger partial charge on any atom is 0.225 e. The Balaban J connectivity index is 1.87. The second-order valence-corrected chi connectivity index (χ2v) is 6.39. The van der Waals surface area contributed by atoms with Gasteiger partial charge in [0.25, 0.3) is 0 Å². The third-order valence-corrected chi connectivity index (χ3v) is 4.59. The second-order valence-electron chi connectivity index (χ2n) is 6.39. The van der Waals surface area contributed by atoms with E-state index in [1.54, 1.807) is 12.4 Å². The van der Waals surface area contributed by atoms with Crippen LogP contribution in [0.4, 0.5) is 5.95 Å². The van der Waals surface area contributed by atoms with Crippen molar-refractivity contribution in [3.63, 3.8) is 0 Å². The molecule has 25 heavy (non-hydrogen) atoms. The van der Waals surface area contributed by atoms with Gasteiger partial charge in [-0.1, -0.05) is 5.16 Å². The summed E-state index contributed by atoms with van der Waals surface area (Å²) in [6.07, 6.45) is 7.64. The molecule has 0 atom stereocenters. The maximum atomic E-state index is 5.54. The van der Waals surface area contributed by atoms with Gasteiger partial charge in [0.1, 0.15) is 11.4 Å². The van der Waals surface area contributed by atoms with E-state index < -0.39 is 0 Å². The highest BCUT2D eigenvalue weighted by Crippen LogP contribution is 2.33. The first-order chi connectivity index (χ1) is 12.1. The Morgan fingerprint density at radius 2 is 1.76 bits per heavy atom. The molecule has 0 unspecified atom stereocenters. The molecular weight excluding hydrogens is 316 g/mol. The smallest absolute Gasteiger partial charge is 0.225 e. The normalized spacial score (nSPS) is 14.3. The first-order valence-corrected chi connectivity index (χ1v) is 8.48. The molecule has 0 amide bonds. The summed E-state index contributed by atoms with van der Waals surface area (Å²) in [6.45, 7) is 7.79. The predicted molar refractivity (Wildman–Crippen MR) is 94.2 cm³/mol. The van der Waals surface area contributed by atoms with Crippen molar-refractivity contribution in [2.75, 3.05) is 18.0 Å². The van der Waals surface area contributed by atoms with Gasteiger partial charge in [-0.25, -0.2) is 9.97 Å². The van der Waals surface area contributed by atoms with Crippen molar-refractivity contribution in [2.24, 2.45) is 0 Å². The zero-order valence-electron chi connectivity index (χ0n) is 14.7. The van der Waals surface area contributed by atoms with Gasteiger partial charge in [-0.3, -0.25) is 9.97 Å². The first-order valence-electron chi connectivity index (χ1n) is 8.48. The largest absolute Gasteiger partial charge is 0.356 e. The Labute approximate surface area is 146 Å². The molecule has 128 valence electrons. The van der Waals surface area contributed by atoms with E-state index in [9.17, 15) is 0 Å². The summed E-state index contributed by atoms with van der Waals surface area (Å²) in [5, 5.41) is 4.06. The Kier molecular flexibility index (Phi) is 3.91. The lowest BCUT2D eigenvalue weighted by Crippen LogP contribution is -2.20. The zero-order chi connectivity index (χ0) is 17.4. The van der Waals surface area contributed by atoms with E-state index in [2.05, 4.69) is 25.0 Å². The molecular formula is C18H20N6O. The summed E-state index contributed by atoms with van der Waals surface area (Å²) in [6, 6.07) is 0. The Hall–Kier alpha value is -2.83. The fraction of sp³-hybridized carbons (Fsp3) is 0.389. The topological polar surface area (TPSA) is 80.8 Å². The minimum atomic E-state index is 0.683. The third kappa shape index (κ3) is 2.86. The van der Waals surface area contributed by atoms with Gasteiger partial charge in [0.15, 0.2) is 5.76 Å². The standard InChI is InChI=1S/C18H20N6O/c1-11-8-20-15(10-19-11)16-14(17-12(2)13(3)23-25-17)9-21-18(22-16)24-6-4-5-7-24/h8-10H,4-7H2,1-3H3. The van der Waals surface area contributed by atoms with Gasteiger partial charge in [0.2, 0.25) is 5.95 Å².